The Morgan fingerprint density at radius 1 is 1.29 bits per heavy atom. The lowest BCUT2D eigenvalue weighted by Crippen LogP contribution is -2.40. The summed E-state index contributed by atoms with van der Waals surface area (Å²) in [5.41, 5.74) is -0.549. The van der Waals surface area contributed by atoms with Gasteiger partial charge in [0.2, 0.25) is 5.91 Å². The Morgan fingerprint density at radius 2 is 2.12 bits per heavy atom. The molecule has 7 nitrogen and oxygen atoms in total. The molecular formula is C16H13FN4O3. The van der Waals surface area contributed by atoms with Crippen LogP contribution < -0.4 is 16.4 Å². The van der Waals surface area contributed by atoms with Gasteiger partial charge in [-0.25, -0.2) is 4.39 Å². The summed E-state index contributed by atoms with van der Waals surface area (Å²) in [4.78, 5) is 42.0. The molecule has 24 heavy (non-hydrogen) atoms. The first-order valence-corrected chi connectivity index (χ1v) is 7.12. The van der Waals surface area contributed by atoms with Crippen molar-refractivity contribution in [1.82, 2.24) is 19.9 Å². The van der Waals surface area contributed by atoms with E-state index < -0.39 is 22.8 Å². The van der Waals surface area contributed by atoms with E-state index in [0.29, 0.717) is 0 Å². The molecular weight excluding hydrogens is 315 g/mol. The predicted octanol–water partition coefficient (Wildman–Crippen LogP) is 0.540. The quantitative estimate of drug-likeness (QED) is 0.683. The van der Waals surface area contributed by atoms with Crippen LogP contribution in [-0.2, 0) is 17.9 Å². The van der Waals surface area contributed by atoms with E-state index in [0.717, 1.165) is 22.3 Å². The first-order chi connectivity index (χ1) is 11.5. The Kier molecular flexibility index (Phi) is 4.19. The molecule has 0 aliphatic rings. The number of carbonyl (C=O) groups excluding carboxylic acids is 1. The zero-order valence-electron chi connectivity index (χ0n) is 12.5. The topological polar surface area (TPSA) is 96.9 Å². The van der Waals surface area contributed by atoms with Gasteiger partial charge in [-0.1, -0.05) is 6.07 Å². The first kappa shape index (κ1) is 15.6. The third-order valence-corrected chi connectivity index (χ3v) is 3.45. The number of fused-ring (bicyclic) bond motifs is 1. The van der Waals surface area contributed by atoms with Gasteiger partial charge in [0.15, 0.2) is 0 Å². The van der Waals surface area contributed by atoms with Crippen LogP contribution in [0.2, 0.25) is 0 Å². The van der Waals surface area contributed by atoms with Gasteiger partial charge in [0.1, 0.15) is 12.4 Å². The predicted molar refractivity (Wildman–Crippen MR) is 84.9 cm³/mol. The third-order valence-electron chi connectivity index (χ3n) is 3.45. The molecule has 0 saturated heterocycles. The number of rotatable bonds is 4. The van der Waals surface area contributed by atoms with Gasteiger partial charge in [-0.3, -0.25) is 23.9 Å². The van der Waals surface area contributed by atoms with Crippen LogP contribution in [0.3, 0.4) is 0 Å². The van der Waals surface area contributed by atoms with Crippen molar-refractivity contribution < 1.29 is 9.18 Å². The van der Waals surface area contributed by atoms with E-state index in [4.69, 9.17) is 0 Å². The van der Waals surface area contributed by atoms with Crippen LogP contribution in [0.1, 0.15) is 5.56 Å². The Morgan fingerprint density at radius 3 is 2.88 bits per heavy atom. The summed E-state index contributed by atoms with van der Waals surface area (Å²) in [7, 11) is 0. The van der Waals surface area contributed by atoms with Crippen molar-refractivity contribution in [3.63, 3.8) is 0 Å². The molecule has 122 valence electrons. The zero-order chi connectivity index (χ0) is 17.1. The molecule has 0 aliphatic heterocycles. The number of aromatic amines is 1. The number of aromatic nitrogens is 3. The van der Waals surface area contributed by atoms with Gasteiger partial charge >= 0.3 is 11.1 Å². The van der Waals surface area contributed by atoms with E-state index in [1.165, 1.54) is 6.07 Å². The largest absolute Gasteiger partial charge is 0.350 e. The smallest absolute Gasteiger partial charge is 0.317 e. The number of hydrogen-bond donors (Lipinski definition) is 2. The van der Waals surface area contributed by atoms with Crippen LogP contribution >= 0.6 is 0 Å². The number of pyridine rings is 1. The molecule has 2 heterocycles. The van der Waals surface area contributed by atoms with Crippen molar-refractivity contribution in [2.75, 3.05) is 0 Å². The minimum atomic E-state index is -0.909. The first-order valence-electron chi connectivity index (χ1n) is 7.12. The molecule has 0 aliphatic carbocycles. The van der Waals surface area contributed by atoms with Crippen molar-refractivity contribution in [2.45, 2.75) is 13.1 Å². The monoisotopic (exact) mass is 328 g/mol. The van der Waals surface area contributed by atoms with Crippen LogP contribution in [0, 0.1) is 5.82 Å². The second kappa shape index (κ2) is 6.45. The lowest BCUT2D eigenvalue weighted by molar-refractivity contribution is -0.121. The SMILES string of the molecule is O=C(Cn1c(=O)c(=O)[nH]c2cc(F)ccc21)NCc1cccnc1. The molecule has 8 heteroatoms. The second-order valence-corrected chi connectivity index (χ2v) is 5.14. The molecule has 2 aromatic heterocycles. The fourth-order valence-electron chi connectivity index (χ4n) is 2.31. The van der Waals surface area contributed by atoms with Gasteiger partial charge in [-0.05, 0) is 29.8 Å². The number of amides is 1. The van der Waals surface area contributed by atoms with Gasteiger partial charge in [-0.15, -0.1) is 0 Å². The summed E-state index contributed by atoms with van der Waals surface area (Å²) >= 11 is 0. The van der Waals surface area contributed by atoms with Crippen molar-refractivity contribution in [3.8, 4) is 0 Å². The lowest BCUT2D eigenvalue weighted by atomic mass is 10.2. The zero-order valence-corrected chi connectivity index (χ0v) is 12.5. The van der Waals surface area contributed by atoms with Crippen molar-refractivity contribution in [2.24, 2.45) is 0 Å². The third kappa shape index (κ3) is 3.22. The number of carbonyl (C=O) groups is 1. The van der Waals surface area contributed by atoms with Crippen LogP contribution in [0.5, 0.6) is 0 Å². The average molecular weight is 328 g/mol. The maximum atomic E-state index is 13.3. The number of nitrogens with zero attached hydrogens (tertiary/aromatic N) is 2. The van der Waals surface area contributed by atoms with Crippen molar-refractivity contribution >= 4 is 16.9 Å². The van der Waals surface area contributed by atoms with Crippen LogP contribution in [0.4, 0.5) is 4.39 Å². The van der Waals surface area contributed by atoms with Gasteiger partial charge in [-0.2, -0.15) is 0 Å². The molecule has 0 unspecified atom stereocenters. The second-order valence-electron chi connectivity index (χ2n) is 5.14. The summed E-state index contributed by atoms with van der Waals surface area (Å²) in [6, 6.07) is 7.14. The number of halogens is 1. The molecule has 0 fully saturated rings. The van der Waals surface area contributed by atoms with E-state index in [1.54, 1.807) is 24.5 Å². The molecule has 0 spiro atoms. The fraction of sp³-hybridized carbons (Fsp3) is 0.125. The maximum Gasteiger partial charge on any atom is 0.317 e. The Balaban J connectivity index is 1.86. The minimum absolute atomic E-state index is 0.152. The highest BCUT2D eigenvalue weighted by atomic mass is 19.1. The molecule has 0 radical (unpaired) electrons. The Hall–Kier alpha value is -3.29. The van der Waals surface area contributed by atoms with Gasteiger partial charge in [0.05, 0.1) is 11.0 Å². The maximum absolute atomic E-state index is 13.3. The van der Waals surface area contributed by atoms with E-state index in [-0.39, 0.29) is 24.1 Å². The molecule has 1 amide bonds. The standard InChI is InChI=1S/C16H13FN4O3/c17-11-3-4-13-12(6-11)20-15(23)16(24)21(13)9-14(22)19-8-10-2-1-5-18-7-10/h1-7H,8-9H2,(H,19,22)(H,20,23). The summed E-state index contributed by atoms with van der Waals surface area (Å²) in [6.07, 6.45) is 3.23. The number of benzene rings is 1. The highest BCUT2D eigenvalue weighted by molar-refractivity contribution is 5.80. The Bertz CT molecular complexity index is 1010. The number of H-pyrrole nitrogens is 1. The molecule has 2 N–H and O–H groups in total. The number of hydrogen-bond acceptors (Lipinski definition) is 4. The van der Waals surface area contributed by atoms with Gasteiger partial charge < -0.3 is 10.3 Å². The van der Waals surface area contributed by atoms with Gasteiger partial charge in [0, 0.05) is 18.9 Å². The fourth-order valence-corrected chi connectivity index (χ4v) is 2.31. The summed E-state index contributed by atoms with van der Waals surface area (Å²) < 4.78 is 14.3. The molecule has 3 rings (SSSR count). The molecule has 0 saturated carbocycles. The summed E-state index contributed by atoms with van der Waals surface area (Å²) in [5.74, 6) is -0.999. The van der Waals surface area contributed by atoms with Crippen LogP contribution in [0.25, 0.3) is 11.0 Å². The van der Waals surface area contributed by atoms with Gasteiger partial charge in [0.25, 0.3) is 0 Å². The molecule has 1 aromatic carbocycles. The van der Waals surface area contributed by atoms with E-state index in [2.05, 4.69) is 15.3 Å². The lowest BCUT2D eigenvalue weighted by Gasteiger charge is -2.10. The molecule has 0 bridgehead atoms. The van der Waals surface area contributed by atoms with E-state index in [1.807, 2.05) is 0 Å². The highest BCUT2D eigenvalue weighted by Crippen LogP contribution is 2.10. The van der Waals surface area contributed by atoms with E-state index >= 15 is 0 Å². The molecule has 3 aromatic rings. The highest BCUT2D eigenvalue weighted by Gasteiger charge is 2.12. The van der Waals surface area contributed by atoms with Crippen LogP contribution in [0.15, 0.2) is 52.3 Å². The average Bonchev–Trinajstić information content (AvgIpc) is 2.58. The minimum Gasteiger partial charge on any atom is -0.350 e. The van der Waals surface area contributed by atoms with E-state index in [9.17, 15) is 18.8 Å². The van der Waals surface area contributed by atoms with Crippen LogP contribution in [-0.4, -0.2) is 20.4 Å². The molecule has 0 atom stereocenters. The normalized spacial score (nSPS) is 10.7. The van der Waals surface area contributed by atoms with Crippen molar-refractivity contribution in [3.05, 3.63) is 74.8 Å². The van der Waals surface area contributed by atoms with Crippen molar-refractivity contribution in [1.29, 1.82) is 0 Å². The Labute approximate surface area is 134 Å². The number of nitrogens with one attached hydrogen (secondary N) is 2. The summed E-state index contributed by atoms with van der Waals surface area (Å²) in [6.45, 7) is -0.0949. The summed E-state index contributed by atoms with van der Waals surface area (Å²) in [5, 5.41) is 2.65.